The Morgan fingerprint density at radius 1 is 1.09 bits per heavy atom. The molecule has 6 nitrogen and oxygen atoms in total. The molecule has 0 amide bonds. The number of aryl methyl sites for hydroxylation is 2. The third-order valence-electron chi connectivity index (χ3n) is 6.07. The van der Waals surface area contributed by atoms with Crippen LogP contribution in [0.15, 0.2) is 78.1 Å². The first-order valence-corrected chi connectivity index (χ1v) is 11.1. The molecule has 4 heterocycles. The number of halogens is 2. The number of hydrogen-bond donors (Lipinski definition) is 0. The van der Waals surface area contributed by atoms with E-state index in [1.165, 1.54) is 29.4 Å². The first-order valence-electron chi connectivity index (χ1n) is 10.7. The van der Waals surface area contributed by atoms with Gasteiger partial charge in [-0.2, -0.15) is 0 Å². The van der Waals surface area contributed by atoms with Gasteiger partial charge in [0, 0.05) is 41.7 Å². The van der Waals surface area contributed by atoms with Crippen molar-refractivity contribution in [3.8, 4) is 23.6 Å². The molecule has 0 unspecified atom stereocenters. The highest BCUT2D eigenvalue weighted by atomic mass is 35.5. The van der Waals surface area contributed by atoms with Gasteiger partial charge in [-0.1, -0.05) is 35.7 Å². The van der Waals surface area contributed by atoms with E-state index in [1.54, 1.807) is 67.2 Å². The lowest BCUT2D eigenvalue weighted by Crippen LogP contribution is -2.28. The lowest BCUT2D eigenvalue weighted by molar-refractivity contribution is 0.260. The van der Waals surface area contributed by atoms with Crippen LogP contribution >= 0.6 is 11.6 Å². The summed E-state index contributed by atoms with van der Waals surface area (Å²) in [6.07, 6.45) is 10.0. The lowest BCUT2D eigenvalue weighted by atomic mass is 9.87. The number of pyridine rings is 3. The summed E-state index contributed by atoms with van der Waals surface area (Å²) in [6.45, 7) is 0. The zero-order valence-electron chi connectivity index (χ0n) is 18.9. The maximum Gasteiger partial charge on any atom is 0.251 e. The minimum absolute atomic E-state index is 0.129. The molecule has 0 N–H and O–H groups in total. The Kier molecular flexibility index (Phi) is 5.46. The summed E-state index contributed by atoms with van der Waals surface area (Å²) in [7, 11) is 3.36. The summed E-state index contributed by atoms with van der Waals surface area (Å²) in [5.41, 5.74) is 0.388. The van der Waals surface area contributed by atoms with Crippen molar-refractivity contribution in [2.75, 3.05) is 0 Å². The van der Waals surface area contributed by atoms with E-state index in [-0.39, 0.29) is 11.3 Å². The van der Waals surface area contributed by atoms with Crippen LogP contribution in [0, 0.1) is 12.3 Å². The molecule has 0 aliphatic heterocycles. The Morgan fingerprint density at radius 3 is 2.54 bits per heavy atom. The second-order valence-electron chi connectivity index (χ2n) is 8.15. The highest BCUT2D eigenvalue weighted by molar-refractivity contribution is 6.30. The summed E-state index contributed by atoms with van der Waals surface area (Å²) >= 11 is 6.08. The first kappa shape index (κ1) is 22.5. The maximum atomic E-state index is 17.3. The van der Waals surface area contributed by atoms with E-state index in [9.17, 15) is 4.79 Å². The molecule has 172 valence electrons. The quantitative estimate of drug-likeness (QED) is 0.350. The summed E-state index contributed by atoms with van der Waals surface area (Å²) in [5.74, 6) is 2.51. The van der Waals surface area contributed by atoms with Crippen molar-refractivity contribution in [1.82, 2.24) is 24.1 Å². The predicted octanol–water partition coefficient (Wildman–Crippen LogP) is 4.63. The van der Waals surface area contributed by atoms with Crippen LogP contribution in [0.2, 0.25) is 5.02 Å². The van der Waals surface area contributed by atoms with Crippen molar-refractivity contribution in [1.29, 1.82) is 0 Å². The second-order valence-corrected chi connectivity index (χ2v) is 8.59. The molecule has 0 bridgehead atoms. The van der Waals surface area contributed by atoms with Crippen molar-refractivity contribution in [3.05, 3.63) is 111 Å². The maximum absolute atomic E-state index is 17.3. The molecular formula is C27H19ClFN5O. The molecule has 8 heteroatoms. The first-order chi connectivity index (χ1) is 16.8. The second kappa shape index (κ2) is 8.49. The van der Waals surface area contributed by atoms with Crippen molar-refractivity contribution in [3.63, 3.8) is 0 Å². The normalized spacial score (nSPS) is 12.9. The Hall–Kier alpha value is -4.28. The summed E-state index contributed by atoms with van der Waals surface area (Å²) in [6, 6.07) is 14.9. The molecule has 0 fully saturated rings. The monoisotopic (exact) mass is 483 g/mol. The van der Waals surface area contributed by atoms with E-state index in [2.05, 4.69) is 20.9 Å². The van der Waals surface area contributed by atoms with Gasteiger partial charge in [-0.05, 0) is 30.3 Å². The number of imidazole rings is 1. The van der Waals surface area contributed by atoms with Crippen LogP contribution in [0.4, 0.5) is 4.39 Å². The number of benzene rings is 1. The summed E-state index contributed by atoms with van der Waals surface area (Å²) in [4.78, 5) is 25.8. The van der Waals surface area contributed by atoms with Crippen molar-refractivity contribution in [2.24, 2.45) is 14.1 Å². The Balaban J connectivity index is 1.84. The fourth-order valence-electron chi connectivity index (χ4n) is 4.21. The molecule has 1 aromatic carbocycles. The Morgan fingerprint density at radius 2 is 1.86 bits per heavy atom. The average Bonchev–Trinajstić information content (AvgIpc) is 3.32. The third-order valence-corrected chi connectivity index (χ3v) is 6.32. The third kappa shape index (κ3) is 3.69. The number of terminal acetylenes is 1. The number of alkyl halides is 1. The number of rotatable bonds is 4. The predicted molar refractivity (Wildman–Crippen MR) is 134 cm³/mol. The van der Waals surface area contributed by atoms with Gasteiger partial charge in [0.1, 0.15) is 5.69 Å². The van der Waals surface area contributed by atoms with Crippen molar-refractivity contribution < 1.29 is 4.39 Å². The van der Waals surface area contributed by atoms with Gasteiger partial charge in [0.2, 0.25) is 5.67 Å². The van der Waals surface area contributed by atoms with Gasteiger partial charge < -0.3 is 9.13 Å². The molecular weight excluding hydrogens is 465 g/mol. The van der Waals surface area contributed by atoms with E-state index in [0.717, 1.165) is 0 Å². The van der Waals surface area contributed by atoms with Gasteiger partial charge in [0.25, 0.3) is 5.56 Å². The smallest absolute Gasteiger partial charge is 0.251 e. The van der Waals surface area contributed by atoms with Gasteiger partial charge in [0.15, 0.2) is 0 Å². The minimum Gasteiger partial charge on any atom is -0.334 e. The highest BCUT2D eigenvalue weighted by Crippen LogP contribution is 2.41. The van der Waals surface area contributed by atoms with Crippen LogP contribution in [0.3, 0.4) is 0 Å². The largest absolute Gasteiger partial charge is 0.334 e. The van der Waals surface area contributed by atoms with Crippen molar-refractivity contribution in [2.45, 2.75) is 5.67 Å². The van der Waals surface area contributed by atoms with E-state index < -0.39 is 5.67 Å². The van der Waals surface area contributed by atoms with E-state index in [1.807, 2.05) is 0 Å². The standard InChI is InChI=1S/C27H19ClFN5O/c1-4-19-6-5-7-22(32-19)20-13-26(35)34(3)23-14-31-24(12-21(20)23)27(29,25-15-30-16-33(25)2)17-8-10-18(28)11-9-17/h1,5-16H,2-3H3/t27-/m1/s1. The molecule has 5 rings (SSSR count). The number of hydrogen-bond acceptors (Lipinski definition) is 4. The molecule has 0 radical (unpaired) electrons. The number of nitrogens with zero attached hydrogens (tertiary/aromatic N) is 5. The van der Waals surface area contributed by atoms with Crippen LogP contribution < -0.4 is 5.56 Å². The molecule has 5 aromatic rings. The molecule has 0 spiro atoms. The molecule has 4 aromatic heterocycles. The van der Waals surface area contributed by atoms with Crippen molar-refractivity contribution >= 4 is 22.5 Å². The summed E-state index contributed by atoms with van der Waals surface area (Å²) < 4.78 is 20.4. The Bertz CT molecular complexity index is 1680. The molecule has 35 heavy (non-hydrogen) atoms. The Labute approximate surface area is 205 Å². The zero-order chi connectivity index (χ0) is 24.7. The average molecular weight is 484 g/mol. The van der Waals surface area contributed by atoms with E-state index in [4.69, 9.17) is 18.0 Å². The van der Waals surface area contributed by atoms with E-state index >= 15 is 4.39 Å². The van der Waals surface area contributed by atoms with Crippen LogP contribution in [0.25, 0.3) is 22.2 Å². The number of aromatic nitrogens is 5. The van der Waals surface area contributed by atoms with Crippen LogP contribution in [-0.4, -0.2) is 24.1 Å². The van der Waals surface area contributed by atoms with Gasteiger partial charge >= 0.3 is 0 Å². The molecule has 0 saturated heterocycles. The van der Waals surface area contributed by atoms with Gasteiger partial charge in [-0.3, -0.25) is 9.78 Å². The zero-order valence-corrected chi connectivity index (χ0v) is 19.7. The van der Waals surface area contributed by atoms with Crippen LogP contribution in [0.5, 0.6) is 0 Å². The molecule has 1 atom stereocenters. The fraction of sp³-hybridized carbons (Fsp3) is 0.111. The number of fused-ring (bicyclic) bond motifs is 1. The van der Waals surface area contributed by atoms with Crippen LogP contribution in [-0.2, 0) is 19.8 Å². The SMILES string of the molecule is C#Cc1cccc(-c2cc(=O)n(C)c3cnc([C@](F)(c4ccc(Cl)cc4)c4cncn4C)cc23)n1. The molecule has 0 aliphatic carbocycles. The fourth-order valence-corrected chi connectivity index (χ4v) is 4.34. The summed E-state index contributed by atoms with van der Waals surface area (Å²) in [5, 5.41) is 1.10. The molecule has 0 saturated carbocycles. The highest BCUT2D eigenvalue weighted by Gasteiger charge is 2.41. The van der Waals surface area contributed by atoms with Gasteiger partial charge in [0.05, 0.1) is 41.3 Å². The minimum atomic E-state index is -2.15. The van der Waals surface area contributed by atoms with Gasteiger partial charge in [-0.15, -0.1) is 6.42 Å². The lowest BCUT2D eigenvalue weighted by Gasteiger charge is -2.26. The van der Waals surface area contributed by atoms with Gasteiger partial charge in [-0.25, -0.2) is 14.4 Å². The van der Waals surface area contributed by atoms with Crippen LogP contribution in [0.1, 0.15) is 22.6 Å². The topological polar surface area (TPSA) is 65.6 Å². The molecule has 0 aliphatic rings. The van der Waals surface area contributed by atoms with E-state index in [0.29, 0.717) is 44.1 Å².